The summed E-state index contributed by atoms with van der Waals surface area (Å²) in [6, 6.07) is 9.19. The number of hydrogen-bond acceptors (Lipinski definition) is 5. The highest BCUT2D eigenvalue weighted by molar-refractivity contribution is 8.01. The quantitative estimate of drug-likeness (QED) is 0.232. The summed E-state index contributed by atoms with van der Waals surface area (Å²) in [4.78, 5) is 4.09. The van der Waals surface area contributed by atoms with Crippen LogP contribution in [0.5, 0.6) is 0 Å². The molecule has 1 N–H and O–H groups in total. The van der Waals surface area contributed by atoms with E-state index in [-0.39, 0.29) is 16.2 Å². The van der Waals surface area contributed by atoms with Crippen LogP contribution in [0.2, 0.25) is 10.0 Å². The summed E-state index contributed by atoms with van der Waals surface area (Å²) in [5, 5.41) is -0.505. The van der Waals surface area contributed by atoms with Gasteiger partial charge in [0.25, 0.3) is 10.0 Å². The number of nitrogens with one attached hydrogen (secondary N) is 1. The number of sulfonamides is 1. The highest BCUT2D eigenvalue weighted by Crippen LogP contribution is 2.40. The van der Waals surface area contributed by atoms with Crippen molar-refractivity contribution in [1.82, 2.24) is 4.98 Å². The number of rotatable bonds is 5. The van der Waals surface area contributed by atoms with E-state index < -0.39 is 43.4 Å². The lowest BCUT2D eigenvalue weighted by Gasteiger charge is -2.13. The van der Waals surface area contributed by atoms with Crippen molar-refractivity contribution < 1.29 is 34.8 Å². The fourth-order valence-corrected chi connectivity index (χ4v) is 6.87. The van der Waals surface area contributed by atoms with Gasteiger partial charge in [-0.25, -0.2) is 13.4 Å². The minimum atomic E-state index is -4.69. The van der Waals surface area contributed by atoms with Crippen LogP contribution in [0.25, 0.3) is 10.2 Å². The Hall–Kier alpha value is -2.19. The van der Waals surface area contributed by atoms with Crippen LogP contribution in [-0.2, 0) is 22.4 Å². The lowest BCUT2D eigenvalue weighted by molar-refractivity contribution is -0.138. The van der Waals surface area contributed by atoms with Crippen LogP contribution in [-0.4, -0.2) is 13.4 Å². The second-order valence-corrected chi connectivity index (χ2v) is 11.9. The number of halogens is 8. The number of thiazole rings is 1. The van der Waals surface area contributed by atoms with Gasteiger partial charge in [-0.1, -0.05) is 35.0 Å². The molecule has 4 aromatic rings. The molecule has 0 radical (unpaired) electrons. The minimum Gasteiger partial charge on any atom is -0.280 e. The van der Waals surface area contributed by atoms with Crippen molar-refractivity contribution in [2.45, 2.75) is 26.5 Å². The van der Waals surface area contributed by atoms with E-state index in [2.05, 4.69) is 9.71 Å². The minimum absolute atomic E-state index is 0.0134. The van der Waals surface area contributed by atoms with Crippen molar-refractivity contribution in [3.63, 3.8) is 0 Å². The molecule has 0 saturated carbocycles. The predicted octanol–water partition coefficient (Wildman–Crippen LogP) is 8.59. The van der Waals surface area contributed by atoms with Crippen molar-refractivity contribution in [3.8, 4) is 0 Å². The average molecular weight is 603 g/mol. The molecule has 0 saturated heterocycles. The van der Waals surface area contributed by atoms with E-state index in [1.54, 1.807) is 0 Å². The van der Waals surface area contributed by atoms with Gasteiger partial charge in [-0.05, 0) is 54.6 Å². The third-order valence-electron chi connectivity index (χ3n) is 4.63. The first-order chi connectivity index (χ1) is 16.6. The third-order valence-corrected chi connectivity index (χ3v) is 9.09. The summed E-state index contributed by atoms with van der Waals surface area (Å²) in [5.41, 5.74) is -1.73. The molecule has 4 rings (SSSR count). The highest BCUT2D eigenvalue weighted by Gasteiger charge is 2.32. The van der Waals surface area contributed by atoms with Crippen molar-refractivity contribution in [2.75, 3.05) is 4.72 Å². The molecule has 0 atom stereocenters. The van der Waals surface area contributed by atoms with Gasteiger partial charge in [0.05, 0.1) is 37.1 Å². The van der Waals surface area contributed by atoms with Gasteiger partial charge in [-0.15, -0.1) is 11.3 Å². The maximum Gasteiger partial charge on any atom is 0.416 e. The van der Waals surface area contributed by atoms with Crippen LogP contribution in [0.1, 0.15) is 11.1 Å². The normalized spacial score (nSPS) is 12.8. The Balaban J connectivity index is 1.54. The molecule has 0 unspecified atom stereocenters. The SMILES string of the molecule is O=S(=O)(Nc1ccc(Sc2nc3cc(C(F)(F)F)ccc3s2)c(Cl)c1)c1ccc(C(F)(F)F)cc1Cl. The van der Waals surface area contributed by atoms with Crippen molar-refractivity contribution in [3.05, 3.63) is 75.8 Å². The van der Waals surface area contributed by atoms with E-state index >= 15 is 0 Å². The Morgan fingerprint density at radius 1 is 0.833 bits per heavy atom. The van der Waals surface area contributed by atoms with E-state index in [0.717, 1.165) is 41.3 Å². The summed E-state index contributed by atoms with van der Waals surface area (Å²) in [6.07, 6.45) is -9.19. The smallest absolute Gasteiger partial charge is 0.280 e. The van der Waals surface area contributed by atoms with Crippen molar-refractivity contribution in [1.29, 1.82) is 0 Å². The van der Waals surface area contributed by atoms with Gasteiger partial charge >= 0.3 is 12.4 Å². The van der Waals surface area contributed by atoms with Gasteiger partial charge < -0.3 is 0 Å². The zero-order valence-electron chi connectivity index (χ0n) is 17.2. The molecule has 15 heteroatoms. The molecule has 0 aliphatic heterocycles. The zero-order valence-corrected chi connectivity index (χ0v) is 21.2. The van der Waals surface area contributed by atoms with Gasteiger partial charge in [-0.2, -0.15) is 26.3 Å². The van der Waals surface area contributed by atoms with Crippen LogP contribution in [0.4, 0.5) is 32.0 Å². The molecule has 0 bridgehead atoms. The second kappa shape index (κ2) is 9.60. The topological polar surface area (TPSA) is 59.1 Å². The first-order valence-corrected chi connectivity index (χ1v) is 13.4. The maximum absolute atomic E-state index is 12.9. The van der Waals surface area contributed by atoms with Crippen LogP contribution in [0.15, 0.2) is 68.7 Å². The first-order valence-electron chi connectivity index (χ1n) is 9.48. The summed E-state index contributed by atoms with van der Waals surface area (Å²) in [7, 11) is -4.35. The molecule has 0 aliphatic carbocycles. The van der Waals surface area contributed by atoms with Crippen LogP contribution < -0.4 is 4.72 Å². The third kappa shape index (κ3) is 5.86. The molecule has 4 nitrogen and oxygen atoms in total. The van der Waals surface area contributed by atoms with Gasteiger partial charge in [0.1, 0.15) is 4.90 Å². The molecule has 0 fully saturated rings. The van der Waals surface area contributed by atoms with Gasteiger partial charge in [-0.3, -0.25) is 4.72 Å². The molecular formula is C21H10Cl2F6N2O2S3. The molecule has 1 aromatic heterocycles. The van der Waals surface area contributed by atoms with Crippen molar-refractivity contribution >= 4 is 72.2 Å². The summed E-state index contributed by atoms with van der Waals surface area (Å²) >= 11 is 14.3. The largest absolute Gasteiger partial charge is 0.416 e. The molecule has 3 aromatic carbocycles. The lowest BCUT2D eigenvalue weighted by Crippen LogP contribution is -2.14. The number of alkyl halides is 6. The molecule has 1 heterocycles. The standard InChI is InChI=1S/C21H10Cl2F6N2O2S3/c22-13-9-12(31-36(32,33)18-6-2-10(7-14(18)23)20(24,25)26)3-5-16(13)34-19-30-15-8-11(21(27,28)29)1-4-17(15)35-19/h1-9,31H. The molecule has 0 amide bonds. The molecule has 36 heavy (non-hydrogen) atoms. The number of hydrogen-bond donors (Lipinski definition) is 1. The highest BCUT2D eigenvalue weighted by atomic mass is 35.5. The Bertz CT molecular complexity index is 1570. The van der Waals surface area contributed by atoms with Crippen LogP contribution in [0, 0.1) is 0 Å². The Morgan fingerprint density at radius 2 is 1.47 bits per heavy atom. The number of benzene rings is 3. The summed E-state index contributed by atoms with van der Waals surface area (Å²) in [6.45, 7) is 0. The van der Waals surface area contributed by atoms with Gasteiger partial charge in [0.2, 0.25) is 0 Å². The second-order valence-electron chi connectivity index (χ2n) is 7.16. The molecular weight excluding hydrogens is 593 g/mol. The zero-order chi connectivity index (χ0) is 26.5. The van der Waals surface area contributed by atoms with E-state index in [9.17, 15) is 34.8 Å². The molecule has 190 valence electrons. The van der Waals surface area contributed by atoms with E-state index in [4.69, 9.17) is 23.2 Å². The summed E-state index contributed by atoms with van der Waals surface area (Å²) in [5.74, 6) is 0. The van der Waals surface area contributed by atoms with Crippen molar-refractivity contribution in [2.24, 2.45) is 0 Å². The average Bonchev–Trinajstić information content (AvgIpc) is 3.15. The number of nitrogens with zero attached hydrogens (tertiary/aromatic N) is 1. The predicted molar refractivity (Wildman–Crippen MR) is 127 cm³/mol. The van der Waals surface area contributed by atoms with E-state index in [1.165, 1.54) is 24.3 Å². The first kappa shape index (κ1) is 26.9. The Morgan fingerprint density at radius 3 is 2.08 bits per heavy atom. The number of anilines is 1. The molecule has 0 aliphatic rings. The van der Waals surface area contributed by atoms with E-state index in [1.807, 2.05) is 0 Å². The number of aromatic nitrogens is 1. The monoisotopic (exact) mass is 602 g/mol. The Kier molecular flexibility index (Phi) is 7.16. The fourth-order valence-electron chi connectivity index (χ4n) is 2.97. The van der Waals surface area contributed by atoms with Gasteiger partial charge in [0, 0.05) is 4.90 Å². The summed E-state index contributed by atoms with van der Waals surface area (Å²) < 4.78 is 106. The molecule has 0 spiro atoms. The fraction of sp³-hybridized carbons (Fsp3) is 0.0952. The van der Waals surface area contributed by atoms with Crippen LogP contribution in [0.3, 0.4) is 0 Å². The lowest BCUT2D eigenvalue weighted by atomic mass is 10.2. The van der Waals surface area contributed by atoms with Gasteiger partial charge in [0.15, 0.2) is 4.34 Å². The van der Waals surface area contributed by atoms with E-state index in [0.29, 0.717) is 26.1 Å². The van der Waals surface area contributed by atoms with Crippen LogP contribution >= 0.6 is 46.3 Å². The number of fused-ring (bicyclic) bond motifs is 1. The maximum atomic E-state index is 12.9. The Labute approximate surface area is 218 Å².